The van der Waals surface area contributed by atoms with Gasteiger partial charge in [-0.3, -0.25) is 0 Å². The Morgan fingerprint density at radius 1 is 0.727 bits per heavy atom. The minimum Gasteiger partial charge on any atom is -0.300 e. The van der Waals surface area contributed by atoms with Gasteiger partial charge in [0.2, 0.25) is 0 Å². The van der Waals surface area contributed by atoms with Gasteiger partial charge in [0.25, 0.3) is 0 Å². The summed E-state index contributed by atoms with van der Waals surface area (Å²) < 4.78 is 0. The maximum absolute atomic E-state index is 2.55. The molecule has 0 aromatic heterocycles. The summed E-state index contributed by atoms with van der Waals surface area (Å²) in [5.41, 5.74) is 0. The lowest BCUT2D eigenvalue weighted by atomic mass is 10.4. The fraction of sp³-hybridized carbons (Fsp3) is 0.400. The molecule has 2 rings (SSSR count). The molecule has 0 heterocycles. The largest absolute Gasteiger partial charge is 0.300 e. The zero-order valence-corrected chi connectivity index (χ0v) is 15.1. The molecule has 2 heteroatoms. The van der Waals surface area contributed by atoms with Gasteiger partial charge in [0.15, 0.2) is 0 Å². The maximum atomic E-state index is 2.55. The van der Waals surface area contributed by atoms with Gasteiger partial charge in [-0.2, -0.15) is 0 Å². The van der Waals surface area contributed by atoms with Gasteiger partial charge >= 0.3 is 0 Å². The van der Waals surface area contributed by atoms with E-state index in [1.54, 1.807) is 10.6 Å². The van der Waals surface area contributed by atoms with Crippen molar-refractivity contribution in [2.45, 2.75) is 20.8 Å². The predicted molar refractivity (Wildman–Crippen MR) is 102 cm³/mol. The molecule has 22 heavy (non-hydrogen) atoms. The summed E-state index contributed by atoms with van der Waals surface area (Å²) in [4.78, 5) is 2.55. The molecule has 0 aliphatic heterocycles. The van der Waals surface area contributed by atoms with Crippen molar-refractivity contribution in [3.8, 4) is 0 Å². The number of nitrogens with zero attached hydrogens (tertiary/aromatic N) is 1. The van der Waals surface area contributed by atoms with Crippen LogP contribution in [0.2, 0.25) is 0 Å². The van der Waals surface area contributed by atoms with Crippen LogP contribution in [-0.4, -0.2) is 36.9 Å². The van der Waals surface area contributed by atoms with Crippen molar-refractivity contribution in [1.82, 2.24) is 4.90 Å². The molecule has 0 saturated heterocycles. The summed E-state index contributed by atoms with van der Waals surface area (Å²) in [6, 6.07) is 22.4. The fourth-order valence-corrected chi connectivity index (χ4v) is 7.18. The second-order valence-electron chi connectivity index (χ2n) is 5.71. The van der Waals surface area contributed by atoms with E-state index in [1.165, 1.54) is 18.9 Å². The highest BCUT2D eigenvalue weighted by atomic mass is 31.2. The third kappa shape index (κ3) is 3.77. The molecule has 2 aromatic rings. The second-order valence-corrected chi connectivity index (χ2v) is 9.75. The van der Waals surface area contributed by atoms with Gasteiger partial charge in [-0.05, 0) is 44.3 Å². The van der Waals surface area contributed by atoms with Crippen LogP contribution >= 0.6 is 7.26 Å². The summed E-state index contributed by atoms with van der Waals surface area (Å²) in [7, 11) is -1.30. The van der Waals surface area contributed by atoms with Crippen molar-refractivity contribution in [3.05, 3.63) is 60.7 Å². The van der Waals surface area contributed by atoms with E-state index in [4.69, 9.17) is 0 Å². The van der Waals surface area contributed by atoms with E-state index in [9.17, 15) is 0 Å². The quantitative estimate of drug-likeness (QED) is 0.665. The summed E-state index contributed by atoms with van der Waals surface area (Å²) >= 11 is 0. The van der Waals surface area contributed by atoms with Crippen molar-refractivity contribution in [1.29, 1.82) is 0 Å². The molecule has 0 spiro atoms. The molecule has 0 aliphatic rings. The monoisotopic (exact) mass is 314 g/mol. The highest BCUT2D eigenvalue weighted by molar-refractivity contribution is 7.89. The number of hydrogen-bond acceptors (Lipinski definition) is 1. The predicted octanol–water partition coefficient (Wildman–Crippen LogP) is 4.02. The van der Waals surface area contributed by atoms with E-state index in [1.807, 2.05) is 0 Å². The Hall–Kier alpha value is -1.17. The summed E-state index contributed by atoms with van der Waals surface area (Å²) in [6.07, 6.45) is 2.52. The lowest BCUT2D eigenvalue weighted by Gasteiger charge is -2.29. The Labute approximate surface area is 136 Å². The highest BCUT2D eigenvalue weighted by Crippen LogP contribution is 2.55. The zero-order valence-electron chi connectivity index (χ0n) is 14.2. The van der Waals surface area contributed by atoms with Crippen LogP contribution in [0.5, 0.6) is 0 Å². The molecule has 0 radical (unpaired) electrons. The Morgan fingerprint density at radius 2 is 1.18 bits per heavy atom. The minimum absolute atomic E-state index is 1.14. The van der Waals surface area contributed by atoms with E-state index >= 15 is 0 Å². The lowest BCUT2D eigenvalue weighted by molar-refractivity contribution is 0.323. The van der Waals surface area contributed by atoms with Crippen molar-refractivity contribution in [2.24, 2.45) is 0 Å². The first kappa shape index (κ1) is 17.2. The summed E-state index contributed by atoms with van der Waals surface area (Å²) in [6.45, 7) is 10.4. The molecule has 0 fully saturated rings. The molecule has 0 saturated carbocycles. The van der Waals surface area contributed by atoms with Crippen LogP contribution in [0.1, 0.15) is 20.8 Å². The third-order valence-corrected chi connectivity index (χ3v) is 9.35. The Morgan fingerprint density at radius 3 is 1.55 bits per heavy atom. The minimum atomic E-state index is -1.30. The smallest absolute Gasteiger partial charge is 0.0992 e. The van der Waals surface area contributed by atoms with Gasteiger partial charge in [0.1, 0.15) is 0 Å². The van der Waals surface area contributed by atoms with Crippen LogP contribution in [0.3, 0.4) is 0 Å². The van der Waals surface area contributed by atoms with E-state index < -0.39 is 7.26 Å². The molecule has 0 amide bonds. The zero-order chi connectivity index (χ0) is 15.8. The molecule has 0 aliphatic carbocycles. The van der Waals surface area contributed by atoms with Crippen LogP contribution < -0.4 is 10.6 Å². The summed E-state index contributed by atoms with van der Waals surface area (Å²) in [5, 5.41) is 3.10. The number of rotatable bonds is 8. The van der Waals surface area contributed by atoms with Crippen LogP contribution in [0.25, 0.3) is 0 Å². The van der Waals surface area contributed by atoms with Crippen LogP contribution in [0.4, 0.5) is 0 Å². The lowest BCUT2D eigenvalue weighted by Crippen LogP contribution is -2.33. The average Bonchev–Trinajstić information content (AvgIpc) is 2.61. The fourth-order valence-electron chi connectivity index (χ4n) is 3.21. The topological polar surface area (TPSA) is 3.24 Å². The first-order valence-electron chi connectivity index (χ1n) is 8.47. The van der Waals surface area contributed by atoms with Crippen LogP contribution in [-0.2, 0) is 0 Å². The second kappa shape index (κ2) is 8.46. The molecule has 0 atom stereocenters. The molecular weight excluding hydrogens is 285 g/mol. The summed E-state index contributed by atoms with van der Waals surface area (Å²) in [5.74, 6) is 0. The van der Waals surface area contributed by atoms with Gasteiger partial charge in [-0.1, -0.05) is 50.2 Å². The van der Waals surface area contributed by atoms with Gasteiger partial charge in [-0.15, -0.1) is 0 Å². The Bertz CT molecular complexity index is 495. The van der Waals surface area contributed by atoms with Crippen molar-refractivity contribution in [3.63, 3.8) is 0 Å². The molecule has 0 unspecified atom stereocenters. The van der Waals surface area contributed by atoms with Gasteiger partial charge in [0, 0.05) is 6.54 Å². The molecular formula is C20H29NP+. The van der Waals surface area contributed by atoms with E-state index in [-0.39, 0.29) is 0 Å². The van der Waals surface area contributed by atoms with E-state index in [2.05, 4.69) is 86.3 Å². The molecule has 1 nitrogen and oxygen atoms in total. The number of hydrogen-bond donors (Lipinski definition) is 0. The molecule has 0 bridgehead atoms. The van der Waals surface area contributed by atoms with Crippen molar-refractivity contribution in [2.75, 3.05) is 32.0 Å². The molecule has 2 aromatic carbocycles. The van der Waals surface area contributed by atoms with Crippen LogP contribution in [0.15, 0.2) is 60.7 Å². The van der Waals surface area contributed by atoms with E-state index in [0.717, 1.165) is 13.1 Å². The van der Waals surface area contributed by atoms with Crippen molar-refractivity contribution < 1.29 is 0 Å². The van der Waals surface area contributed by atoms with Gasteiger partial charge < -0.3 is 4.90 Å². The molecule has 118 valence electrons. The Balaban J connectivity index is 2.39. The first-order chi connectivity index (χ1) is 10.8. The van der Waals surface area contributed by atoms with E-state index in [0.29, 0.717) is 0 Å². The average molecular weight is 314 g/mol. The highest BCUT2D eigenvalue weighted by Gasteiger charge is 2.40. The first-order valence-corrected chi connectivity index (χ1v) is 10.6. The maximum Gasteiger partial charge on any atom is 0.0992 e. The Kier molecular flexibility index (Phi) is 6.61. The van der Waals surface area contributed by atoms with Crippen LogP contribution in [0, 0.1) is 0 Å². The third-order valence-electron chi connectivity index (χ3n) is 4.73. The van der Waals surface area contributed by atoms with Gasteiger partial charge in [0.05, 0.1) is 30.2 Å². The number of benzene rings is 2. The van der Waals surface area contributed by atoms with Crippen molar-refractivity contribution >= 4 is 17.9 Å². The van der Waals surface area contributed by atoms with Gasteiger partial charge in [-0.25, -0.2) is 0 Å². The SMILES string of the molecule is CCN(CC)CC[P+](CC)(c1ccccc1)c1ccccc1. The molecule has 0 N–H and O–H groups in total. The normalized spacial score (nSPS) is 11.8. The standard InChI is InChI=1S/C20H29NP/c1-4-21(5-2)17-18-22(6-3,19-13-9-7-10-14-19)20-15-11-8-12-16-20/h7-16H,4-6,17-18H2,1-3H3/q+1.